The van der Waals surface area contributed by atoms with E-state index in [0.717, 1.165) is 4.90 Å². The van der Waals surface area contributed by atoms with Crippen molar-refractivity contribution in [2.75, 3.05) is 13.7 Å². The van der Waals surface area contributed by atoms with Crippen LogP contribution in [0.1, 0.15) is 12.8 Å². The lowest BCUT2D eigenvalue weighted by Crippen LogP contribution is -2.45. The fraction of sp³-hybridized carbons (Fsp3) is 0.600. The van der Waals surface area contributed by atoms with E-state index >= 15 is 0 Å². The van der Waals surface area contributed by atoms with Gasteiger partial charge < -0.3 is 10.5 Å². The molecule has 1 heterocycles. The van der Waals surface area contributed by atoms with Gasteiger partial charge in [-0.1, -0.05) is 34.8 Å². The smallest absolute Gasteiger partial charge is 0.257 e. The first-order chi connectivity index (χ1) is 8.24. The first kappa shape index (κ1) is 15.6. The van der Waals surface area contributed by atoms with E-state index in [1.54, 1.807) is 0 Å². The molecule has 0 bridgehead atoms. The maximum absolute atomic E-state index is 11.9. The first-order valence-corrected chi connectivity index (χ1v) is 6.30. The van der Waals surface area contributed by atoms with Gasteiger partial charge in [-0.2, -0.15) is 0 Å². The van der Waals surface area contributed by atoms with Gasteiger partial charge in [-0.25, -0.2) is 0 Å². The van der Waals surface area contributed by atoms with Gasteiger partial charge in [-0.15, -0.1) is 0 Å². The van der Waals surface area contributed by atoms with E-state index in [2.05, 4.69) is 0 Å². The van der Waals surface area contributed by atoms with Crippen molar-refractivity contribution in [1.29, 1.82) is 0 Å². The molecule has 1 aliphatic heterocycles. The summed E-state index contributed by atoms with van der Waals surface area (Å²) in [6.07, 6.45) is 1.57. The van der Waals surface area contributed by atoms with E-state index in [1.807, 2.05) is 0 Å². The Hall–Kier alpha value is -0.490. The predicted molar refractivity (Wildman–Crippen MR) is 69.3 cm³/mol. The van der Waals surface area contributed by atoms with Crippen molar-refractivity contribution >= 4 is 46.6 Å². The molecule has 2 N–H and O–H groups in total. The molecule has 1 aliphatic rings. The highest BCUT2D eigenvalue weighted by molar-refractivity contribution is 6.67. The number of amides is 2. The van der Waals surface area contributed by atoms with Gasteiger partial charge in [0.1, 0.15) is 5.76 Å². The monoisotopic (exact) mass is 314 g/mol. The minimum absolute atomic E-state index is 0.0929. The van der Waals surface area contributed by atoms with Crippen molar-refractivity contribution in [3.05, 3.63) is 11.8 Å². The van der Waals surface area contributed by atoms with Gasteiger partial charge in [-0.3, -0.25) is 14.5 Å². The molecular weight excluding hydrogens is 302 g/mol. The maximum atomic E-state index is 11.9. The minimum Gasteiger partial charge on any atom is -0.499 e. The van der Waals surface area contributed by atoms with Crippen molar-refractivity contribution < 1.29 is 14.3 Å². The number of carbonyl (C=O) groups excluding carboxylic acids is 2. The summed E-state index contributed by atoms with van der Waals surface area (Å²) in [7, 11) is 1.43. The molecule has 0 aromatic rings. The maximum Gasteiger partial charge on any atom is 0.257 e. The Bertz CT molecular complexity index is 379. The largest absolute Gasteiger partial charge is 0.499 e. The van der Waals surface area contributed by atoms with Gasteiger partial charge >= 0.3 is 0 Å². The number of hydrogen-bond acceptors (Lipinski definition) is 4. The highest BCUT2D eigenvalue weighted by Gasteiger charge is 2.32. The minimum atomic E-state index is -1.46. The molecule has 0 unspecified atom stereocenters. The van der Waals surface area contributed by atoms with Crippen LogP contribution >= 0.6 is 34.8 Å². The fourth-order valence-corrected chi connectivity index (χ4v) is 1.78. The number of carbonyl (C=O) groups is 2. The summed E-state index contributed by atoms with van der Waals surface area (Å²) in [5.74, 6) is -0.527. The van der Waals surface area contributed by atoms with E-state index in [9.17, 15) is 9.59 Å². The third-order valence-corrected chi connectivity index (χ3v) is 3.02. The molecule has 5 nitrogen and oxygen atoms in total. The summed E-state index contributed by atoms with van der Waals surface area (Å²) in [4.78, 5) is 24.4. The molecule has 8 heteroatoms. The third kappa shape index (κ3) is 4.31. The number of alkyl halides is 3. The molecule has 0 aromatic carbocycles. The second-order valence-corrected chi connectivity index (χ2v) is 6.35. The Kier molecular flexibility index (Phi) is 5.28. The molecule has 0 saturated heterocycles. The highest BCUT2D eigenvalue weighted by Crippen LogP contribution is 2.31. The second kappa shape index (κ2) is 6.10. The second-order valence-electron chi connectivity index (χ2n) is 3.84. The number of hydrogen-bond donors (Lipinski definition) is 1. The third-order valence-electron chi connectivity index (χ3n) is 2.45. The van der Waals surface area contributed by atoms with Crippen LogP contribution in [-0.4, -0.2) is 40.2 Å². The van der Waals surface area contributed by atoms with E-state index in [4.69, 9.17) is 45.3 Å². The molecule has 2 amide bonds. The number of nitrogens with zero attached hydrogens (tertiary/aromatic N) is 1. The van der Waals surface area contributed by atoms with Crippen LogP contribution in [0.2, 0.25) is 0 Å². The van der Waals surface area contributed by atoms with E-state index in [1.165, 1.54) is 13.2 Å². The van der Waals surface area contributed by atoms with Crippen LogP contribution < -0.4 is 5.73 Å². The zero-order valence-electron chi connectivity index (χ0n) is 9.66. The molecule has 0 saturated carbocycles. The average Bonchev–Trinajstić information content (AvgIpc) is 2.65. The van der Waals surface area contributed by atoms with Crippen molar-refractivity contribution in [2.45, 2.75) is 22.7 Å². The lowest BCUT2D eigenvalue weighted by molar-refractivity contribution is -0.141. The van der Waals surface area contributed by atoms with Crippen LogP contribution in [0, 0.1) is 0 Å². The van der Waals surface area contributed by atoms with Crippen LogP contribution in [0.4, 0.5) is 0 Å². The summed E-state index contributed by atoms with van der Waals surface area (Å²) >= 11 is 16.7. The normalized spacial score (nSPS) is 17.7. The number of rotatable bonds is 4. The van der Waals surface area contributed by atoms with Crippen molar-refractivity contribution in [3.8, 4) is 0 Å². The SMILES string of the molecule is COC1=CC(=O)N(C(=O)[C@H](N)CCC(Cl)(Cl)Cl)C1. The van der Waals surface area contributed by atoms with Crippen LogP contribution in [-0.2, 0) is 14.3 Å². The molecule has 0 spiro atoms. The molecular formula is C10H13Cl3N2O3. The van der Waals surface area contributed by atoms with Crippen LogP contribution in [0.15, 0.2) is 11.8 Å². The average molecular weight is 316 g/mol. The topological polar surface area (TPSA) is 72.6 Å². The Morgan fingerprint density at radius 2 is 2.22 bits per heavy atom. The summed E-state index contributed by atoms with van der Waals surface area (Å²) in [5, 5.41) is 0. The van der Waals surface area contributed by atoms with Gasteiger partial charge in [-0.05, 0) is 12.8 Å². The van der Waals surface area contributed by atoms with Crippen LogP contribution in [0.3, 0.4) is 0 Å². The Morgan fingerprint density at radius 1 is 1.61 bits per heavy atom. The number of imide groups is 1. The predicted octanol–water partition coefficient (Wildman–Crippen LogP) is 1.36. The van der Waals surface area contributed by atoms with Gasteiger partial charge in [0.25, 0.3) is 5.91 Å². The Labute approximate surface area is 120 Å². The summed E-state index contributed by atoms with van der Waals surface area (Å²) < 4.78 is 3.44. The summed E-state index contributed by atoms with van der Waals surface area (Å²) in [5.41, 5.74) is 5.67. The Morgan fingerprint density at radius 3 is 2.67 bits per heavy atom. The van der Waals surface area contributed by atoms with Gasteiger partial charge in [0.05, 0.1) is 19.7 Å². The number of halogens is 3. The lowest BCUT2D eigenvalue weighted by Gasteiger charge is -2.20. The highest BCUT2D eigenvalue weighted by atomic mass is 35.6. The molecule has 0 fully saturated rings. The van der Waals surface area contributed by atoms with Gasteiger partial charge in [0.2, 0.25) is 5.91 Å². The Balaban J connectivity index is 2.53. The molecule has 1 atom stereocenters. The molecule has 0 aromatic heterocycles. The van der Waals surface area contributed by atoms with Crippen molar-refractivity contribution in [3.63, 3.8) is 0 Å². The van der Waals surface area contributed by atoms with Gasteiger partial charge in [0.15, 0.2) is 3.79 Å². The lowest BCUT2D eigenvalue weighted by atomic mass is 10.1. The van der Waals surface area contributed by atoms with E-state index in [0.29, 0.717) is 5.76 Å². The zero-order chi connectivity index (χ0) is 13.9. The number of methoxy groups -OCH3 is 1. The summed E-state index contributed by atoms with van der Waals surface area (Å²) in [6, 6.07) is -0.880. The van der Waals surface area contributed by atoms with E-state index < -0.39 is 21.6 Å². The van der Waals surface area contributed by atoms with Gasteiger partial charge in [0, 0.05) is 6.08 Å². The number of nitrogens with two attached hydrogens (primary N) is 1. The standard InChI is InChI=1S/C10H13Cl3N2O3/c1-18-6-4-8(16)15(5-6)9(17)7(14)2-3-10(11,12)13/h4,7H,2-3,5,14H2,1H3/t7-/m1/s1. The van der Waals surface area contributed by atoms with Crippen LogP contribution in [0.5, 0.6) is 0 Å². The van der Waals surface area contributed by atoms with Crippen LogP contribution in [0.25, 0.3) is 0 Å². The van der Waals surface area contributed by atoms with Crippen molar-refractivity contribution in [1.82, 2.24) is 4.90 Å². The molecule has 0 aliphatic carbocycles. The molecule has 102 valence electrons. The van der Waals surface area contributed by atoms with E-state index in [-0.39, 0.29) is 19.4 Å². The molecule has 0 radical (unpaired) electrons. The fourth-order valence-electron chi connectivity index (χ4n) is 1.45. The first-order valence-electron chi connectivity index (χ1n) is 5.17. The molecule has 18 heavy (non-hydrogen) atoms. The van der Waals surface area contributed by atoms with Crippen molar-refractivity contribution in [2.24, 2.45) is 5.73 Å². The number of ether oxygens (including phenoxy) is 1. The molecule has 1 rings (SSSR count). The summed E-state index contributed by atoms with van der Waals surface area (Å²) in [6.45, 7) is 0.0929. The quantitative estimate of drug-likeness (QED) is 0.795. The zero-order valence-corrected chi connectivity index (χ0v) is 11.9.